The molecule has 0 aliphatic heterocycles. The van der Waals surface area contributed by atoms with Crippen molar-refractivity contribution in [3.8, 4) is 0 Å². The molecule has 1 aliphatic carbocycles. The number of anilines is 2. The first-order valence-corrected chi connectivity index (χ1v) is 6.35. The summed E-state index contributed by atoms with van der Waals surface area (Å²) in [6, 6.07) is 0. The van der Waals surface area contributed by atoms with Crippen LogP contribution in [0.3, 0.4) is 0 Å². The third kappa shape index (κ3) is 2.70. The van der Waals surface area contributed by atoms with E-state index in [0.717, 1.165) is 30.8 Å². The molecule has 2 rings (SSSR count). The molecule has 0 atom stereocenters. The minimum Gasteiger partial charge on any atom is -0.393 e. The lowest BCUT2D eigenvalue weighted by Gasteiger charge is -2.31. The van der Waals surface area contributed by atoms with Crippen LogP contribution in [0.4, 0.5) is 11.6 Å². The zero-order valence-corrected chi connectivity index (χ0v) is 10.8. The van der Waals surface area contributed by atoms with Crippen LogP contribution in [0.25, 0.3) is 0 Å². The number of hydrogen-bond acceptors (Lipinski definition) is 6. The van der Waals surface area contributed by atoms with Crippen LogP contribution in [-0.2, 0) is 0 Å². The van der Waals surface area contributed by atoms with Gasteiger partial charge in [0, 0.05) is 12.1 Å². The highest BCUT2D eigenvalue weighted by Gasteiger charge is 2.27. The molecule has 1 fully saturated rings. The first-order chi connectivity index (χ1) is 8.61. The number of rotatable bonds is 5. The molecule has 100 valence electrons. The Kier molecular flexibility index (Phi) is 3.98. The van der Waals surface area contributed by atoms with Crippen molar-refractivity contribution in [3.63, 3.8) is 0 Å². The van der Waals surface area contributed by atoms with Gasteiger partial charge in [-0.25, -0.2) is 15.8 Å². The smallest absolute Gasteiger partial charge is 0.148 e. The lowest BCUT2D eigenvalue weighted by atomic mass is 9.82. The number of aliphatic hydroxyl groups excluding tert-OH is 1. The van der Waals surface area contributed by atoms with Crippen molar-refractivity contribution in [2.75, 3.05) is 17.3 Å². The van der Waals surface area contributed by atoms with Gasteiger partial charge in [0.2, 0.25) is 0 Å². The fourth-order valence-electron chi connectivity index (χ4n) is 2.31. The highest BCUT2D eigenvalue weighted by Crippen LogP contribution is 2.30. The van der Waals surface area contributed by atoms with Crippen molar-refractivity contribution in [1.82, 2.24) is 9.97 Å². The lowest BCUT2D eigenvalue weighted by molar-refractivity contribution is 0.0486. The van der Waals surface area contributed by atoms with Crippen molar-refractivity contribution >= 4 is 11.6 Å². The normalized spacial score (nSPS) is 22.7. The van der Waals surface area contributed by atoms with E-state index >= 15 is 0 Å². The quantitative estimate of drug-likeness (QED) is 0.462. The Hall–Kier alpha value is -1.40. The predicted molar refractivity (Wildman–Crippen MR) is 71.2 cm³/mol. The molecule has 0 unspecified atom stereocenters. The number of hydrazine groups is 1. The second-order valence-electron chi connectivity index (χ2n) is 5.16. The van der Waals surface area contributed by atoms with E-state index in [9.17, 15) is 5.11 Å². The molecule has 1 aliphatic rings. The van der Waals surface area contributed by atoms with E-state index in [1.54, 1.807) is 0 Å². The van der Waals surface area contributed by atoms with Crippen LogP contribution in [-0.4, -0.2) is 27.7 Å². The van der Waals surface area contributed by atoms with Crippen molar-refractivity contribution in [2.24, 2.45) is 11.8 Å². The van der Waals surface area contributed by atoms with E-state index in [-0.39, 0.29) is 12.0 Å². The minimum atomic E-state index is -0.118. The highest BCUT2D eigenvalue weighted by atomic mass is 16.3. The summed E-state index contributed by atoms with van der Waals surface area (Å²) >= 11 is 0. The molecular weight excluding hydrogens is 230 g/mol. The summed E-state index contributed by atoms with van der Waals surface area (Å²) in [4.78, 5) is 8.40. The maximum absolute atomic E-state index is 9.26. The van der Waals surface area contributed by atoms with Crippen LogP contribution >= 0.6 is 0 Å². The predicted octanol–water partition coefficient (Wildman–Crippen LogP) is 1.07. The number of nitrogens with two attached hydrogens (primary N) is 1. The summed E-state index contributed by atoms with van der Waals surface area (Å²) < 4.78 is 0. The van der Waals surface area contributed by atoms with Crippen LogP contribution in [0.1, 0.15) is 38.2 Å². The van der Waals surface area contributed by atoms with Gasteiger partial charge in [-0.15, -0.1) is 0 Å². The number of aliphatic hydroxyl groups is 1. The molecule has 0 saturated heterocycles. The maximum Gasteiger partial charge on any atom is 0.148 e. The van der Waals surface area contributed by atoms with Crippen molar-refractivity contribution in [1.29, 1.82) is 0 Å². The second-order valence-corrected chi connectivity index (χ2v) is 5.16. The largest absolute Gasteiger partial charge is 0.393 e. The van der Waals surface area contributed by atoms with Crippen molar-refractivity contribution in [3.05, 3.63) is 11.9 Å². The molecule has 5 N–H and O–H groups in total. The summed E-state index contributed by atoms with van der Waals surface area (Å²) in [7, 11) is 0. The number of nitrogens with zero attached hydrogens (tertiary/aromatic N) is 2. The molecular formula is C12H21N5O. The van der Waals surface area contributed by atoms with Crippen LogP contribution in [0, 0.1) is 5.92 Å². The van der Waals surface area contributed by atoms with E-state index in [2.05, 4.69) is 34.6 Å². The molecule has 18 heavy (non-hydrogen) atoms. The van der Waals surface area contributed by atoms with Crippen LogP contribution in [0.15, 0.2) is 6.33 Å². The van der Waals surface area contributed by atoms with Gasteiger partial charge in [-0.05, 0) is 24.7 Å². The SMILES string of the molecule is CC(C)c1c(NN)ncnc1NCC1CC(O)C1. The Balaban J connectivity index is 2.06. The molecule has 0 bridgehead atoms. The van der Waals surface area contributed by atoms with Gasteiger partial charge >= 0.3 is 0 Å². The Morgan fingerprint density at radius 2 is 2.06 bits per heavy atom. The fraction of sp³-hybridized carbons (Fsp3) is 0.667. The van der Waals surface area contributed by atoms with Gasteiger partial charge < -0.3 is 15.8 Å². The average Bonchev–Trinajstić information content (AvgIpc) is 2.32. The molecule has 1 aromatic heterocycles. The third-order valence-corrected chi connectivity index (χ3v) is 3.37. The van der Waals surface area contributed by atoms with Gasteiger partial charge in [0.05, 0.1) is 6.10 Å². The van der Waals surface area contributed by atoms with Gasteiger partial charge in [-0.2, -0.15) is 0 Å². The van der Waals surface area contributed by atoms with Gasteiger partial charge in [-0.1, -0.05) is 13.8 Å². The summed E-state index contributed by atoms with van der Waals surface area (Å²) in [5.41, 5.74) is 3.61. The summed E-state index contributed by atoms with van der Waals surface area (Å²) in [6.07, 6.45) is 3.13. The Morgan fingerprint density at radius 1 is 1.39 bits per heavy atom. The van der Waals surface area contributed by atoms with Crippen LogP contribution in [0.5, 0.6) is 0 Å². The van der Waals surface area contributed by atoms with E-state index in [0.29, 0.717) is 11.7 Å². The van der Waals surface area contributed by atoms with Gasteiger partial charge in [0.25, 0.3) is 0 Å². The molecule has 0 spiro atoms. The highest BCUT2D eigenvalue weighted by molar-refractivity contribution is 5.58. The lowest BCUT2D eigenvalue weighted by Crippen LogP contribution is -2.33. The maximum atomic E-state index is 9.26. The number of nitrogens with one attached hydrogen (secondary N) is 2. The molecule has 6 nitrogen and oxygen atoms in total. The van der Waals surface area contributed by atoms with E-state index in [4.69, 9.17) is 5.84 Å². The topological polar surface area (TPSA) is 96.1 Å². The van der Waals surface area contributed by atoms with E-state index < -0.39 is 0 Å². The zero-order chi connectivity index (χ0) is 13.1. The first kappa shape index (κ1) is 13.0. The number of hydrogen-bond donors (Lipinski definition) is 4. The molecule has 6 heteroatoms. The minimum absolute atomic E-state index is 0.118. The standard InChI is InChI=1S/C12H21N5O/c1-7(2)10-11(15-6-16-12(10)17-13)14-5-8-3-9(18)4-8/h6-9,18H,3-5,13H2,1-2H3,(H2,14,15,16,17). The molecule has 1 heterocycles. The Bertz CT molecular complexity index is 403. The van der Waals surface area contributed by atoms with Gasteiger partial charge in [-0.3, -0.25) is 0 Å². The van der Waals surface area contributed by atoms with Crippen molar-refractivity contribution < 1.29 is 5.11 Å². The zero-order valence-electron chi connectivity index (χ0n) is 10.8. The van der Waals surface area contributed by atoms with E-state index in [1.165, 1.54) is 6.33 Å². The number of aromatic nitrogens is 2. The molecule has 0 aromatic carbocycles. The Morgan fingerprint density at radius 3 is 2.61 bits per heavy atom. The third-order valence-electron chi connectivity index (χ3n) is 3.37. The van der Waals surface area contributed by atoms with Crippen molar-refractivity contribution in [2.45, 2.75) is 38.7 Å². The summed E-state index contributed by atoms with van der Waals surface area (Å²) in [5, 5.41) is 12.6. The van der Waals surface area contributed by atoms with Crippen LogP contribution in [0.2, 0.25) is 0 Å². The van der Waals surface area contributed by atoms with Crippen LogP contribution < -0.4 is 16.6 Å². The first-order valence-electron chi connectivity index (χ1n) is 6.35. The summed E-state index contributed by atoms with van der Waals surface area (Å²) in [5.74, 6) is 7.77. The monoisotopic (exact) mass is 251 g/mol. The number of nitrogen functional groups attached to an aromatic ring is 1. The summed E-state index contributed by atoms with van der Waals surface area (Å²) in [6.45, 7) is 4.99. The van der Waals surface area contributed by atoms with Gasteiger partial charge in [0.1, 0.15) is 18.0 Å². The average molecular weight is 251 g/mol. The van der Waals surface area contributed by atoms with E-state index in [1.807, 2.05) is 0 Å². The fourth-order valence-corrected chi connectivity index (χ4v) is 2.31. The Labute approximate surface area is 107 Å². The molecule has 0 radical (unpaired) electrons. The second kappa shape index (κ2) is 5.49. The molecule has 0 amide bonds. The van der Waals surface area contributed by atoms with Gasteiger partial charge in [0.15, 0.2) is 0 Å². The molecule has 1 saturated carbocycles. The molecule has 1 aromatic rings.